The SMILES string of the molecule is FC(F)(F)c1cc(-c2ccc3c(c2)N(CCN2CCOCC2)c2cc(-c4ccc5[nH]ccc5c4)ccc2O3)ccc1OCc1ccccc1. The van der Waals surface area contributed by atoms with Crippen LogP contribution in [0.3, 0.4) is 0 Å². The van der Waals surface area contributed by atoms with Gasteiger partial charge < -0.3 is 24.1 Å². The van der Waals surface area contributed by atoms with Gasteiger partial charge in [-0.15, -0.1) is 0 Å². The van der Waals surface area contributed by atoms with Crippen molar-refractivity contribution >= 4 is 22.3 Å². The lowest BCUT2D eigenvalue weighted by Crippen LogP contribution is -2.41. The van der Waals surface area contributed by atoms with Gasteiger partial charge in [-0.05, 0) is 87.8 Å². The molecule has 0 atom stereocenters. The molecular formula is C40H34F3N3O3. The van der Waals surface area contributed by atoms with Crippen molar-refractivity contribution in [2.45, 2.75) is 12.8 Å². The zero-order valence-electron chi connectivity index (χ0n) is 26.7. The van der Waals surface area contributed by atoms with E-state index in [-0.39, 0.29) is 12.4 Å². The maximum Gasteiger partial charge on any atom is 0.419 e. The predicted molar refractivity (Wildman–Crippen MR) is 186 cm³/mol. The number of benzene rings is 5. The molecule has 0 amide bonds. The zero-order chi connectivity index (χ0) is 33.4. The smallest absolute Gasteiger partial charge is 0.419 e. The number of hydrogen-bond donors (Lipinski definition) is 1. The van der Waals surface area contributed by atoms with Gasteiger partial charge in [0, 0.05) is 37.9 Å². The van der Waals surface area contributed by atoms with E-state index in [4.69, 9.17) is 14.2 Å². The number of alkyl halides is 3. The number of rotatable bonds is 8. The fraction of sp³-hybridized carbons (Fsp3) is 0.200. The molecule has 9 heteroatoms. The molecule has 2 aliphatic heterocycles. The Hall–Kier alpha value is -5.25. The maximum absolute atomic E-state index is 14.4. The lowest BCUT2D eigenvalue weighted by Gasteiger charge is -2.36. The van der Waals surface area contributed by atoms with Crippen LogP contribution in [0.15, 0.2) is 115 Å². The Bertz CT molecular complexity index is 2110. The summed E-state index contributed by atoms with van der Waals surface area (Å²) in [6, 6.07) is 33.6. The van der Waals surface area contributed by atoms with Crippen LogP contribution in [0.2, 0.25) is 0 Å². The molecule has 0 aliphatic carbocycles. The third-order valence-corrected chi connectivity index (χ3v) is 9.21. The molecule has 0 bridgehead atoms. The Kier molecular flexibility index (Phi) is 8.23. The Balaban J connectivity index is 1.15. The minimum Gasteiger partial charge on any atom is -0.488 e. The van der Waals surface area contributed by atoms with E-state index in [0.717, 1.165) is 64.4 Å². The second kappa shape index (κ2) is 13.0. The topological polar surface area (TPSA) is 50.0 Å². The van der Waals surface area contributed by atoms with E-state index in [2.05, 4.69) is 51.2 Å². The number of ether oxygens (including phenoxy) is 3. The van der Waals surface area contributed by atoms with Crippen molar-refractivity contribution in [1.29, 1.82) is 0 Å². The van der Waals surface area contributed by atoms with Gasteiger partial charge in [0.15, 0.2) is 11.5 Å². The molecule has 3 heterocycles. The van der Waals surface area contributed by atoms with E-state index in [1.807, 2.05) is 60.8 Å². The van der Waals surface area contributed by atoms with Crippen molar-refractivity contribution in [3.8, 4) is 39.5 Å². The van der Waals surface area contributed by atoms with Gasteiger partial charge in [-0.25, -0.2) is 0 Å². The number of nitrogens with one attached hydrogen (secondary N) is 1. The molecule has 0 spiro atoms. The molecule has 1 fully saturated rings. The number of H-pyrrole nitrogens is 1. The third-order valence-electron chi connectivity index (χ3n) is 9.21. The van der Waals surface area contributed by atoms with Gasteiger partial charge in [-0.3, -0.25) is 4.90 Å². The molecule has 1 N–H and O–H groups in total. The van der Waals surface area contributed by atoms with Gasteiger partial charge in [-0.2, -0.15) is 13.2 Å². The molecule has 0 saturated carbocycles. The van der Waals surface area contributed by atoms with Crippen molar-refractivity contribution in [2.24, 2.45) is 0 Å². The normalized spacial score (nSPS) is 14.7. The highest BCUT2D eigenvalue weighted by Gasteiger charge is 2.35. The van der Waals surface area contributed by atoms with Gasteiger partial charge in [0.1, 0.15) is 12.4 Å². The molecule has 248 valence electrons. The molecule has 6 aromatic rings. The Labute approximate surface area is 282 Å². The van der Waals surface area contributed by atoms with E-state index in [9.17, 15) is 13.2 Å². The second-order valence-electron chi connectivity index (χ2n) is 12.3. The highest BCUT2D eigenvalue weighted by Crippen LogP contribution is 2.49. The number of anilines is 2. The fourth-order valence-corrected chi connectivity index (χ4v) is 6.57. The molecule has 1 saturated heterocycles. The number of fused-ring (bicyclic) bond motifs is 3. The average Bonchev–Trinajstić information content (AvgIpc) is 3.61. The van der Waals surface area contributed by atoms with Crippen LogP contribution < -0.4 is 14.4 Å². The van der Waals surface area contributed by atoms with Crippen molar-refractivity contribution in [2.75, 3.05) is 44.3 Å². The van der Waals surface area contributed by atoms with E-state index in [1.165, 1.54) is 12.1 Å². The van der Waals surface area contributed by atoms with Crippen LogP contribution in [0.1, 0.15) is 11.1 Å². The summed E-state index contributed by atoms with van der Waals surface area (Å²) in [5.41, 5.74) is 5.97. The van der Waals surface area contributed by atoms with Crippen LogP contribution in [-0.2, 0) is 17.5 Å². The van der Waals surface area contributed by atoms with Crippen LogP contribution in [0.5, 0.6) is 17.2 Å². The second-order valence-corrected chi connectivity index (χ2v) is 12.3. The van der Waals surface area contributed by atoms with Crippen LogP contribution in [0.25, 0.3) is 33.2 Å². The first-order valence-electron chi connectivity index (χ1n) is 16.4. The third kappa shape index (κ3) is 6.47. The standard InChI is InChI=1S/C40H34F3N3O3/c41-40(42,43)33-23-29(7-11-37(33)48-26-27-4-2-1-3-5-27)31-9-13-39-36(25-31)46(17-16-45-18-20-47-21-19-45)35-24-30(8-12-38(35)49-39)28-6-10-34-32(22-28)14-15-44-34/h1-15,22-25,44H,16-21,26H2. The molecule has 49 heavy (non-hydrogen) atoms. The first-order chi connectivity index (χ1) is 23.9. The fourth-order valence-electron chi connectivity index (χ4n) is 6.57. The van der Waals surface area contributed by atoms with Gasteiger partial charge >= 0.3 is 6.18 Å². The molecule has 0 unspecified atom stereocenters. The molecule has 1 aromatic heterocycles. The van der Waals surface area contributed by atoms with E-state index in [1.54, 1.807) is 6.07 Å². The maximum atomic E-state index is 14.4. The molecule has 0 radical (unpaired) electrons. The van der Waals surface area contributed by atoms with Crippen LogP contribution >= 0.6 is 0 Å². The minimum absolute atomic E-state index is 0.0397. The zero-order valence-corrected chi connectivity index (χ0v) is 26.7. The molecule has 6 nitrogen and oxygen atoms in total. The summed E-state index contributed by atoms with van der Waals surface area (Å²) in [5, 5.41) is 1.13. The molecular weight excluding hydrogens is 627 g/mol. The summed E-state index contributed by atoms with van der Waals surface area (Å²) >= 11 is 0. The van der Waals surface area contributed by atoms with Gasteiger partial charge in [-0.1, -0.05) is 54.6 Å². The lowest BCUT2D eigenvalue weighted by atomic mass is 9.99. The average molecular weight is 662 g/mol. The molecule has 2 aliphatic rings. The first kappa shape index (κ1) is 31.0. The van der Waals surface area contributed by atoms with E-state index < -0.39 is 11.7 Å². The summed E-state index contributed by atoms with van der Waals surface area (Å²) < 4.78 is 60.8. The first-order valence-corrected chi connectivity index (χ1v) is 16.4. The Morgan fingerprint density at radius 2 is 1.35 bits per heavy atom. The van der Waals surface area contributed by atoms with Gasteiger partial charge in [0.05, 0.1) is 30.2 Å². The van der Waals surface area contributed by atoms with Gasteiger partial charge in [0.25, 0.3) is 0 Å². The highest BCUT2D eigenvalue weighted by atomic mass is 19.4. The van der Waals surface area contributed by atoms with Crippen LogP contribution in [0, 0.1) is 0 Å². The molecule has 8 rings (SSSR count). The lowest BCUT2D eigenvalue weighted by molar-refractivity contribution is -0.139. The number of nitrogens with zero attached hydrogens (tertiary/aromatic N) is 2. The van der Waals surface area contributed by atoms with E-state index in [0.29, 0.717) is 36.6 Å². The summed E-state index contributed by atoms with van der Waals surface area (Å²) in [6.45, 7) is 4.57. The summed E-state index contributed by atoms with van der Waals surface area (Å²) in [5.74, 6) is 1.18. The van der Waals surface area contributed by atoms with Crippen molar-refractivity contribution in [3.63, 3.8) is 0 Å². The number of hydrogen-bond acceptors (Lipinski definition) is 5. The highest BCUT2D eigenvalue weighted by molar-refractivity contribution is 5.88. The van der Waals surface area contributed by atoms with Crippen molar-refractivity contribution in [3.05, 3.63) is 127 Å². The Morgan fingerprint density at radius 3 is 2.06 bits per heavy atom. The number of morpholine rings is 1. The summed E-state index contributed by atoms with van der Waals surface area (Å²) in [6.07, 6.45) is -2.66. The van der Waals surface area contributed by atoms with Crippen LogP contribution in [-0.4, -0.2) is 49.3 Å². The Morgan fingerprint density at radius 1 is 0.694 bits per heavy atom. The number of aromatic nitrogens is 1. The van der Waals surface area contributed by atoms with E-state index >= 15 is 0 Å². The number of aromatic amines is 1. The predicted octanol–water partition coefficient (Wildman–Crippen LogP) is 9.68. The number of halogens is 3. The largest absolute Gasteiger partial charge is 0.488 e. The quantitative estimate of drug-likeness (QED) is 0.176. The van der Waals surface area contributed by atoms with Crippen molar-refractivity contribution in [1.82, 2.24) is 9.88 Å². The monoisotopic (exact) mass is 661 g/mol. The summed E-state index contributed by atoms with van der Waals surface area (Å²) in [7, 11) is 0. The van der Waals surface area contributed by atoms with Crippen molar-refractivity contribution < 1.29 is 27.4 Å². The summed E-state index contributed by atoms with van der Waals surface area (Å²) in [4.78, 5) is 7.85. The van der Waals surface area contributed by atoms with Crippen LogP contribution in [0.4, 0.5) is 24.5 Å². The minimum atomic E-state index is -4.59. The van der Waals surface area contributed by atoms with Gasteiger partial charge in [0.2, 0.25) is 0 Å². The molecule has 5 aromatic carbocycles.